The predicted octanol–water partition coefficient (Wildman–Crippen LogP) is 1.31. The molecule has 0 spiro atoms. The average Bonchev–Trinajstić information content (AvgIpc) is 2.83. The number of urea groups is 1. The molecular weight excluding hydrogens is 338 g/mol. The van der Waals surface area contributed by atoms with Crippen LogP contribution in [-0.2, 0) is 15.1 Å². The summed E-state index contributed by atoms with van der Waals surface area (Å²) < 4.78 is 0. The van der Waals surface area contributed by atoms with Crippen LogP contribution in [-0.4, -0.2) is 46.9 Å². The molecule has 8 nitrogen and oxygen atoms in total. The van der Waals surface area contributed by atoms with E-state index in [1.165, 1.54) is 4.90 Å². The highest BCUT2D eigenvalue weighted by molar-refractivity contribution is 6.07. The second-order valence-corrected chi connectivity index (χ2v) is 6.90. The summed E-state index contributed by atoms with van der Waals surface area (Å²) in [5.74, 6) is -1.60. The summed E-state index contributed by atoms with van der Waals surface area (Å²) in [6, 6.07) is 5.87. The van der Waals surface area contributed by atoms with Gasteiger partial charge in [0.1, 0.15) is 5.54 Å². The Bertz CT molecular complexity index is 746. The van der Waals surface area contributed by atoms with E-state index in [0.717, 1.165) is 0 Å². The summed E-state index contributed by atoms with van der Waals surface area (Å²) in [7, 11) is 0. The molecule has 1 aliphatic rings. The highest BCUT2D eigenvalue weighted by Crippen LogP contribution is 2.25. The number of carboxylic acid groups (broad SMARTS) is 1. The molecular formula is C18H23N3O5. The number of aliphatic carboxylic acids is 1. The number of rotatable bonds is 7. The Hall–Kier alpha value is -2.90. The van der Waals surface area contributed by atoms with Crippen LogP contribution in [0.5, 0.6) is 0 Å². The number of carbonyl (C=O) groups is 4. The third-order valence-electron chi connectivity index (χ3n) is 4.20. The summed E-state index contributed by atoms with van der Waals surface area (Å²) in [5, 5.41) is 13.7. The first-order valence-corrected chi connectivity index (χ1v) is 8.38. The lowest BCUT2D eigenvalue weighted by atomic mass is 9.91. The number of nitrogens with zero attached hydrogens (tertiary/aromatic N) is 1. The van der Waals surface area contributed by atoms with Gasteiger partial charge in [-0.2, -0.15) is 0 Å². The molecule has 2 rings (SSSR count). The number of imide groups is 1. The molecule has 0 aromatic heterocycles. The number of carbonyl (C=O) groups excluding carboxylic acids is 3. The third-order valence-corrected chi connectivity index (χ3v) is 4.20. The van der Waals surface area contributed by atoms with Crippen LogP contribution >= 0.6 is 0 Å². The summed E-state index contributed by atoms with van der Waals surface area (Å²) >= 11 is 0. The van der Waals surface area contributed by atoms with Gasteiger partial charge >= 0.3 is 12.0 Å². The Kier molecular flexibility index (Phi) is 5.64. The Balaban J connectivity index is 2.29. The monoisotopic (exact) mass is 361 g/mol. The number of carboxylic acids is 1. The fourth-order valence-electron chi connectivity index (χ4n) is 2.84. The van der Waals surface area contributed by atoms with Crippen molar-refractivity contribution in [2.45, 2.75) is 32.7 Å². The molecule has 4 amide bonds. The maximum atomic E-state index is 12.9. The van der Waals surface area contributed by atoms with Crippen molar-refractivity contribution < 1.29 is 24.3 Å². The lowest BCUT2D eigenvalue weighted by molar-refractivity contribution is -0.137. The van der Waals surface area contributed by atoms with Crippen molar-refractivity contribution in [2.75, 3.05) is 13.1 Å². The zero-order valence-corrected chi connectivity index (χ0v) is 15.0. The highest BCUT2D eigenvalue weighted by Gasteiger charge is 2.43. The number of amides is 4. The molecule has 1 aromatic rings. The first-order valence-electron chi connectivity index (χ1n) is 8.38. The van der Waals surface area contributed by atoms with E-state index in [1.807, 2.05) is 13.8 Å². The van der Waals surface area contributed by atoms with Gasteiger partial charge in [0.15, 0.2) is 0 Å². The number of hydrogen-bond donors (Lipinski definition) is 3. The van der Waals surface area contributed by atoms with Gasteiger partial charge in [-0.1, -0.05) is 26.0 Å². The topological polar surface area (TPSA) is 116 Å². The first kappa shape index (κ1) is 19.4. The maximum absolute atomic E-state index is 12.9. The van der Waals surface area contributed by atoms with Crippen LogP contribution in [0.25, 0.3) is 0 Å². The smallest absolute Gasteiger partial charge is 0.322 e. The number of benzene rings is 1. The van der Waals surface area contributed by atoms with Crippen molar-refractivity contribution in [3.05, 3.63) is 35.4 Å². The van der Waals surface area contributed by atoms with Crippen LogP contribution in [0.4, 0.5) is 4.79 Å². The van der Waals surface area contributed by atoms with E-state index < -0.39 is 23.4 Å². The molecule has 3 N–H and O–H groups in total. The first-order chi connectivity index (χ1) is 12.1. The van der Waals surface area contributed by atoms with Gasteiger partial charge in [-0.05, 0) is 30.5 Å². The molecule has 8 heteroatoms. The van der Waals surface area contributed by atoms with Crippen molar-refractivity contribution in [3.63, 3.8) is 0 Å². The van der Waals surface area contributed by atoms with Crippen LogP contribution in [0.3, 0.4) is 0 Å². The quantitative estimate of drug-likeness (QED) is 0.633. The lowest BCUT2D eigenvalue weighted by Crippen LogP contribution is -2.41. The molecule has 1 heterocycles. The van der Waals surface area contributed by atoms with Crippen LogP contribution in [0, 0.1) is 5.92 Å². The Morgan fingerprint density at radius 2 is 1.96 bits per heavy atom. The van der Waals surface area contributed by atoms with Crippen molar-refractivity contribution in [1.29, 1.82) is 0 Å². The Labute approximate surface area is 151 Å². The highest BCUT2D eigenvalue weighted by atomic mass is 16.4. The van der Waals surface area contributed by atoms with Gasteiger partial charge in [0.05, 0.1) is 6.42 Å². The molecule has 0 radical (unpaired) electrons. The Morgan fingerprint density at radius 1 is 1.27 bits per heavy atom. The zero-order chi connectivity index (χ0) is 19.5. The number of nitrogens with one attached hydrogen (secondary N) is 2. The molecule has 26 heavy (non-hydrogen) atoms. The van der Waals surface area contributed by atoms with Crippen LogP contribution < -0.4 is 10.6 Å². The van der Waals surface area contributed by atoms with Crippen molar-refractivity contribution in [2.24, 2.45) is 5.92 Å². The van der Waals surface area contributed by atoms with E-state index in [9.17, 15) is 19.2 Å². The van der Waals surface area contributed by atoms with E-state index in [4.69, 9.17) is 5.11 Å². The zero-order valence-electron chi connectivity index (χ0n) is 15.0. The molecule has 0 bridgehead atoms. The van der Waals surface area contributed by atoms with Crippen molar-refractivity contribution >= 4 is 23.8 Å². The van der Waals surface area contributed by atoms with Gasteiger partial charge in [-0.15, -0.1) is 0 Å². The molecule has 1 saturated heterocycles. The second-order valence-electron chi connectivity index (χ2n) is 6.90. The van der Waals surface area contributed by atoms with Crippen molar-refractivity contribution in [3.8, 4) is 0 Å². The van der Waals surface area contributed by atoms with Crippen LogP contribution in [0.2, 0.25) is 0 Å². The van der Waals surface area contributed by atoms with Gasteiger partial charge in [-0.3, -0.25) is 19.7 Å². The summed E-state index contributed by atoms with van der Waals surface area (Å²) in [6.07, 6.45) is -0.145. The van der Waals surface area contributed by atoms with E-state index in [2.05, 4.69) is 10.6 Å². The molecule has 1 aromatic carbocycles. The molecule has 0 aliphatic carbocycles. The van der Waals surface area contributed by atoms with Gasteiger partial charge in [-0.25, -0.2) is 4.79 Å². The standard InChI is InChI=1S/C18H23N3O5/c1-11(2)10-21(8-7-14(22)23)15(24)12-5-4-6-13(9-12)18(3)16(25)19-17(26)20-18/h4-6,9,11H,7-8,10H2,1-3H3,(H,22,23)(H2,19,20,25,26). The molecule has 1 atom stereocenters. The second kappa shape index (κ2) is 7.55. The fourth-order valence-corrected chi connectivity index (χ4v) is 2.84. The van der Waals surface area contributed by atoms with E-state index >= 15 is 0 Å². The average molecular weight is 361 g/mol. The van der Waals surface area contributed by atoms with Crippen LogP contribution in [0.15, 0.2) is 24.3 Å². The van der Waals surface area contributed by atoms with Crippen LogP contribution in [0.1, 0.15) is 43.1 Å². The summed E-state index contributed by atoms with van der Waals surface area (Å²) in [6.45, 7) is 5.97. The maximum Gasteiger partial charge on any atom is 0.322 e. The van der Waals surface area contributed by atoms with E-state index in [0.29, 0.717) is 17.7 Å². The summed E-state index contributed by atoms with van der Waals surface area (Å²) in [5.41, 5.74) is -0.435. The van der Waals surface area contributed by atoms with Gasteiger partial charge in [0.25, 0.3) is 11.8 Å². The van der Waals surface area contributed by atoms with Gasteiger partial charge in [0, 0.05) is 18.7 Å². The van der Waals surface area contributed by atoms with Crippen molar-refractivity contribution in [1.82, 2.24) is 15.5 Å². The normalized spacial score (nSPS) is 19.2. The number of hydrogen-bond acceptors (Lipinski definition) is 4. The minimum atomic E-state index is -1.25. The lowest BCUT2D eigenvalue weighted by Gasteiger charge is -2.25. The SMILES string of the molecule is CC(C)CN(CCC(=O)O)C(=O)c1cccc(C2(C)NC(=O)NC2=O)c1. The minimum Gasteiger partial charge on any atom is -0.481 e. The summed E-state index contributed by atoms with van der Waals surface area (Å²) in [4.78, 5) is 48.8. The van der Waals surface area contributed by atoms with E-state index in [-0.39, 0.29) is 24.8 Å². The molecule has 140 valence electrons. The van der Waals surface area contributed by atoms with E-state index in [1.54, 1.807) is 31.2 Å². The van der Waals surface area contributed by atoms with Gasteiger partial charge < -0.3 is 15.3 Å². The molecule has 1 fully saturated rings. The third kappa shape index (κ3) is 4.19. The molecule has 0 saturated carbocycles. The minimum absolute atomic E-state index is 0.102. The predicted molar refractivity (Wildman–Crippen MR) is 93.5 cm³/mol. The van der Waals surface area contributed by atoms with Gasteiger partial charge in [0.2, 0.25) is 0 Å². The Morgan fingerprint density at radius 3 is 2.50 bits per heavy atom. The fraction of sp³-hybridized carbons (Fsp3) is 0.444. The largest absolute Gasteiger partial charge is 0.481 e. The molecule has 1 aliphatic heterocycles. The molecule has 1 unspecified atom stereocenters.